The number of hydrogen-bond donors (Lipinski definition) is 1. The van der Waals surface area contributed by atoms with Crippen LogP contribution in [0.3, 0.4) is 0 Å². The highest BCUT2D eigenvalue weighted by molar-refractivity contribution is 7.84. The molecule has 1 saturated heterocycles. The first-order valence-electron chi connectivity index (χ1n) is 10.6. The van der Waals surface area contributed by atoms with E-state index in [1.54, 1.807) is 6.07 Å². The Morgan fingerprint density at radius 3 is 2.56 bits per heavy atom. The van der Waals surface area contributed by atoms with Crippen LogP contribution in [0.25, 0.3) is 0 Å². The average molecular weight is 554 g/mol. The van der Waals surface area contributed by atoms with Gasteiger partial charge in [0.25, 0.3) is 0 Å². The summed E-state index contributed by atoms with van der Waals surface area (Å²) in [5.41, 5.74) is -0.747. The summed E-state index contributed by atoms with van der Waals surface area (Å²) >= 11 is 5.95. The van der Waals surface area contributed by atoms with Crippen molar-refractivity contribution >= 4 is 28.0 Å². The van der Waals surface area contributed by atoms with Gasteiger partial charge in [-0.1, -0.05) is 11.6 Å². The van der Waals surface area contributed by atoms with E-state index in [1.165, 1.54) is 19.2 Å². The van der Waals surface area contributed by atoms with Gasteiger partial charge in [0, 0.05) is 44.6 Å². The van der Waals surface area contributed by atoms with Crippen molar-refractivity contribution in [2.24, 2.45) is 0 Å². The largest absolute Gasteiger partial charge is 0.491 e. The Bertz CT molecular complexity index is 1180. The highest BCUT2D eigenvalue weighted by Gasteiger charge is 2.32. The molecule has 198 valence electrons. The molecular weight excluding hydrogens is 531 g/mol. The van der Waals surface area contributed by atoms with Crippen LogP contribution < -0.4 is 14.8 Å². The summed E-state index contributed by atoms with van der Waals surface area (Å²) < 4.78 is 84.8. The SMILES string of the molecule is COCCOc1ccc(CNC(=O)OS(=O)(=O)N2CCCC2)c(Oc2ncc(C(F)(F)F)cc2Cl)c1. The van der Waals surface area contributed by atoms with Crippen molar-refractivity contribution in [2.45, 2.75) is 25.6 Å². The molecule has 3 rings (SSSR count). The van der Waals surface area contributed by atoms with Gasteiger partial charge in [-0.05, 0) is 31.0 Å². The zero-order valence-corrected chi connectivity index (χ0v) is 20.6. The van der Waals surface area contributed by atoms with Crippen molar-refractivity contribution in [3.8, 4) is 17.4 Å². The van der Waals surface area contributed by atoms with Crippen LogP contribution in [0.1, 0.15) is 24.0 Å². The minimum atomic E-state index is -4.64. The monoisotopic (exact) mass is 553 g/mol. The highest BCUT2D eigenvalue weighted by atomic mass is 35.5. The van der Waals surface area contributed by atoms with E-state index in [1.807, 2.05) is 0 Å². The van der Waals surface area contributed by atoms with E-state index in [2.05, 4.69) is 14.5 Å². The molecule has 10 nitrogen and oxygen atoms in total. The molecule has 36 heavy (non-hydrogen) atoms. The van der Waals surface area contributed by atoms with E-state index in [0.717, 1.165) is 4.31 Å². The second-order valence-electron chi connectivity index (χ2n) is 7.51. The van der Waals surface area contributed by atoms with Crippen molar-refractivity contribution in [3.05, 3.63) is 46.6 Å². The number of nitrogens with zero attached hydrogens (tertiary/aromatic N) is 2. The highest BCUT2D eigenvalue weighted by Crippen LogP contribution is 2.36. The summed E-state index contributed by atoms with van der Waals surface area (Å²) in [6, 6.07) is 5.13. The molecule has 1 N–H and O–H groups in total. The second-order valence-corrected chi connectivity index (χ2v) is 9.46. The number of ether oxygens (including phenoxy) is 3. The van der Waals surface area contributed by atoms with Crippen LogP contribution in [0.2, 0.25) is 5.02 Å². The third kappa shape index (κ3) is 7.59. The molecule has 1 aliphatic rings. The van der Waals surface area contributed by atoms with Crippen LogP contribution in [-0.4, -0.2) is 57.2 Å². The summed E-state index contributed by atoms with van der Waals surface area (Å²) in [4.78, 5) is 15.8. The van der Waals surface area contributed by atoms with Crippen molar-refractivity contribution in [1.29, 1.82) is 0 Å². The topological polar surface area (TPSA) is 116 Å². The predicted octanol–water partition coefficient (Wildman–Crippen LogP) is 4.14. The number of pyridine rings is 1. The smallest absolute Gasteiger partial charge is 0.423 e. The summed E-state index contributed by atoms with van der Waals surface area (Å²) in [6.07, 6.45) is -3.94. The molecule has 0 spiro atoms. The van der Waals surface area contributed by atoms with Gasteiger partial charge < -0.3 is 23.7 Å². The minimum Gasteiger partial charge on any atom is -0.491 e. The Morgan fingerprint density at radius 1 is 1.19 bits per heavy atom. The number of carbonyl (C=O) groups is 1. The van der Waals surface area contributed by atoms with Crippen molar-refractivity contribution in [3.63, 3.8) is 0 Å². The molecule has 1 aromatic heterocycles. The first kappa shape index (κ1) is 27.8. The maximum atomic E-state index is 12.9. The molecule has 0 unspecified atom stereocenters. The maximum absolute atomic E-state index is 12.9. The number of amides is 1. The number of methoxy groups -OCH3 is 1. The quantitative estimate of drug-likeness (QED) is 0.436. The summed E-state index contributed by atoms with van der Waals surface area (Å²) in [7, 11) is -2.73. The molecule has 1 aliphatic heterocycles. The van der Waals surface area contributed by atoms with Crippen LogP contribution in [0.5, 0.6) is 17.4 Å². The fraction of sp³-hybridized carbons (Fsp3) is 0.429. The standard InChI is InChI=1S/C21H23ClF3N3O7S/c1-32-8-9-33-16-5-4-14(12-27-20(29)35-36(30,31)28-6-2-3-7-28)18(11-16)34-19-17(22)10-15(13-26-19)21(23,24)25/h4-5,10-11,13H,2-3,6-9,12H2,1H3,(H,27,29). The molecule has 15 heteroatoms. The number of benzene rings is 1. The molecule has 0 saturated carbocycles. The fourth-order valence-electron chi connectivity index (χ4n) is 3.13. The van der Waals surface area contributed by atoms with Gasteiger partial charge in [0.2, 0.25) is 5.88 Å². The van der Waals surface area contributed by atoms with Gasteiger partial charge >= 0.3 is 22.6 Å². The molecule has 0 bridgehead atoms. The number of aromatic nitrogens is 1. The molecule has 0 radical (unpaired) electrons. The van der Waals surface area contributed by atoms with E-state index in [4.69, 9.17) is 25.8 Å². The first-order valence-corrected chi connectivity index (χ1v) is 12.4. The van der Waals surface area contributed by atoms with Gasteiger partial charge in [0.05, 0.1) is 12.2 Å². The number of rotatable bonds is 10. The zero-order chi connectivity index (χ0) is 26.3. The number of halogens is 4. The Hall–Kier alpha value is -2.81. The molecule has 0 aliphatic carbocycles. The molecule has 1 amide bonds. The normalized spacial score (nSPS) is 14.5. The predicted molar refractivity (Wildman–Crippen MR) is 121 cm³/mol. The average Bonchev–Trinajstić information content (AvgIpc) is 3.35. The fourth-order valence-corrected chi connectivity index (χ4v) is 4.39. The Labute approximate surface area is 210 Å². The van der Waals surface area contributed by atoms with Crippen LogP contribution in [0.15, 0.2) is 30.5 Å². The molecule has 2 aromatic rings. The molecule has 1 fully saturated rings. The summed E-state index contributed by atoms with van der Waals surface area (Å²) in [6.45, 7) is 0.773. The van der Waals surface area contributed by atoms with Crippen LogP contribution in [0.4, 0.5) is 18.0 Å². The van der Waals surface area contributed by atoms with Gasteiger partial charge in [-0.25, -0.2) is 9.78 Å². The van der Waals surface area contributed by atoms with Crippen molar-refractivity contribution in [1.82, 2.24) is 14.6 Å². The Balaban J connectivity index is 1.76. The lowest BCUT2D eigenvalue weighted by Gasteiger charge is -2.16. The number of nitrogens with one attached hydrogen (secondary N) is 1. The maximum Gasteiger partial charge on any atom is 0.423 e. The van der Waals surface area contributed by atoms with Gasteiger partial charge in [0.1, 0.15) is 23.1 Å². The van der Waals surface area contributed by atoms with Crippen LogP contribution in [0, 0.1) is 0 Å². The van der Waals surface area contributed by atoms with Crippen LogP contribution >= 0.6 is 11.6 Å². The van der Waals surface area contributed by atoms with Crippen LogP contribution in [-0.2, 0) is 31.9 Å². The third-order valence-electron chi connectivity index (χ3n) is 4.92. The van der Waals surface area contributed by atoms with Gasteiger partial charge in [-0.15, -0.1) is 0 Å². The van der Waals surface area contributed by atoms with E-state index < -0.39 is 33.2 Å². The van der Waals surface area contributed by atoms with Crippen molar-refractivity contribution in [2.75, 3.05) is 33.4 Å². The Morgan fingerprint density at radius 2 is 1.92 bits per heavy atom. The summed E-state index contributed by atoms with van der Waals surface area (Å²) in [5.74, 6) is 0.0499. The molecule has 2 heterocycles. The molecule has 0 atom stereocenters. The number of hydrogen-bond acceptors (Lipinski definition) is 8. The van der Waals surface area contributed by atoms with E-state index in [9.17, 15) is 26.4 Å². The third-order valence-corrected chi connectivity index (χ3v) is 6.55. The molecular formula is C21H23ClF3N3O7S. The Kier molecular flexibility index (Phi) is 9.22. The lowest BCUT2D eigenvalue weighted by atomic mass is 10.2. The van der Waals surface area contributed by atoms with E-state index in [0.29, 0.717) is 43.0 Å². The van der Waals surface area contributed by atoms with Gasteiger partial charge in [-0.2, -0.15) is 25.9 Å². The van der Waals surface area contributed by atoms with E-state index >= 15 is 0 Å². The lowest BCUT2D eigenvalue weighted by Crippen LogP contribution is -2.35. The zero-order valence-electron chi connectivity index (χ0n) is 19.0. The summed E-state index contributed by atoms with van der Waals surface area (Å²) in [5, 5.41) is 1.91. The van der Waals surface area contributed by atoms with Gasteiger partial charge in [0.15, 0.2) is 0 Å². The van der Waals surface area contributed by atoms with E-state index in [-0.39, 0.29) is 37.9 Å². The number of carbonyl (C=O) groups excluding carboxylic acids is 1. The van der Waals surface area contributed by atoms with Crippen molar-refractivity contribution < 1.29 is 44.8 Å². The second kappa shape index (κ2) is 12.0. The molecule has 1 aromatic carbocycles. The first-order chi connectivity index (χ1) is 17.0. The number of alkyl halides is 3. The minimum absolute atomic E-state index is 0.0433. The lowest BCUT2D eigenvalue weighted by molar-refractivity contribution is -0.137. The van der Waals surface area contributed by atoms with Gasteiger partial charge in [-0.3, -0.25) is 0 Å².